The van der Waals surface area contributed by atoms with Crippen LogP contribution in [0.5, 0.6) is 0 Å². The molecule has 0 aromatic carbocycles. The van der Waals surface area contributed by atoms with Crippen LogP contribution in [0.4, 0.5) is 0 Å². The summed E-state index contributed by atoms with van der Waals surface area (Å²) in [6.07, 6.45) is 6.84. The van der Waals surface area contributed by atoms with E-state index in [1.165, 1.54) is 51.7 Å². The van der Waals surface area contributed by atoms with Gasteiger partial charge in [0.1, 0.15) is 0 Å². The Balaban J connectivity index is 2.31. The molecule has 17 heavy (non-hydrogen) atoms. The molecule has 0 aromatic heterocycles. The molecule has 0 amide bonds. The van der Waals surface area contributed by atoms with Gasteiger partial charge in [-0.3, -0.25) is 0 Å². The van der Waals surface area contributed by atoms with Crippen molar-refractivity contribution in [2.75, 3.05) is 26.7 Å². The summed E-state index contributed by atoms with van der Waals surface area (Å²) in [7, 11) is 2.10. The maximum absolute atomic E-state index is 3.45. The van der Waals surface area contributed by atoms with Gasteiger partial charge in [-0.05, 0) is 38.3 Å². The quantitative estimate of drug-likeness (QED) is 0.735. The third kappa shape index (κ3) is 4.97. The first kappa shape index (κ1) is 15.0. The Morgan fingerprint density at radius 1 is 1.35 bits per heavy atom. The van der Waals surface area contributed by atoms with Crippen LogP contribution in [0.15, 0.2) is 0 Å². The number of nitrogens with one attached hydrogen (secondary N) is 1. The van der Waals surface area contributed by atoms with E-state index in [1.54, 1.807) is 0 Å². The summed E-state index contributed by atoms with van der Waals surface area (Å²) >= 11 is 0. The van der Waals surface area contributed by atoms with Crippen molar-refractivity contribution in [1.29, 1.82) is 0 Å². The smallest absolute Gasteiger partial charge is 0.0114 e. The topological polar surface area (TPSA) is 15.3 Å². The van der Waals surface area contributed by atoms with Crippen molar-refractivity contribution in [3.63, 3.8) is 0 Å². The summed E-state index contributed by atoms with van der Waals surface area (Å²) in [5, 5.41) is 3.45. The molecule has 0 bridgehead atoms. The van der Waals surface area contributed by atoms with Crippen LogP contribution < -0.4 is 5.32 Å². The summed E-state index contributed by atoms with van der Waals surface area (Å²) in [5.74, 6) is 1.73. The van der Waals surface area contributed by atoms with Crippen molar-refractivity contribution in [2.45, 2.75) is 58.9 Å². The highest BCUT2D eigenvalue weighted by Gasteiger charge is 2.25. The third-order valence-corrected chi connectivity index (χ3v) is 4.42. The number of hydrogen-bond acceptors (Lipinski definition) is 2. The zero-order chi connectivity index (χ0) is 12.7. The summed E-state index contributed by atoms with van der Waals surface area (Å²) in [4.78, 5) is 2.70. The molecule has 102 valence electrons. The molecule has 3 atom stereocenters. The molecule has 0 radical (unpaired) electrons. The number of likely N-dealkylation sites (tertiary alicyclic amines) is 1. The average Bonchev–Trinajstić information content (AvgIpc) is 2.34. The number of rotatable bonds is 7. The molecule has 1 aliphatic rings. The summed E-state index contributed by atoms with van der Waals surface area (Å²) in [6, 6.07) is 0.738. The highest BCUT2D eigenvalue weighted by Crippen LogP contribution is 2.20. The van der Waals surface area contributed by atoms with E-state index in [2.05, 4.69) is 38.0 Å². The van der Waals surface area contributed by atoms with Gasteiger partial charge >= 0.3 is 0 Å². The minimum atomic E-state index is 0.738. The first-order chi connectivity index (χ1) is 8.21. The van der Waals surface area contributed by atoms with Gasteiger partial charge in [-0.2, -0.15) is 0 Å². The van der Waals surface area contributed by atoms with Gasteiger partial charge in [0.25, 0.3) is 0 Å². The van der Waals surface area contributed by atoms with Crippen LogP contribution in [0.3, 0.4) is 0 Å². The molecule has 1 saturated heterocycles. The Hall–Kier alpha value is -0.0800. The Bertz CT molecular complexity index is 193. The van der Waals surface area contributed by atoms with Crippen LogP contribution in [0.2, 0.25) is 0 Å². The normalized spacial score (nSPS) is 28.2. The van der Waals surface area contributed by atoms with E-state index >= 15 is 0 Å². The average molecular weight is 240 g/mol. The lowest BCUT2D eigenvalue weighted by Crippen LogP contribution is -2.48. The van der Waals surface area contributed by atoms with Crippen molar-refractivity contribution in [3.05, 3.63) is 0 Å². The van der Waals surface area contributed by atoms with Gasteiger partial charge in [-0.25, -0.2) is 0 Å². The van der Waals surface area contributed by atoms with Gasteiger partial charge in [0, 0.05) is 19.1 Å². The van der Waals surface area contributed by atoms with E-state index in [4.69, 9.17) is 0 Å². The van der Waals surface area contributed by atoms with Crippen molar-refractivity contribution in [3.8, 4) is 0 Å². The molecule has 0 saturated carbocycles. The van der Waals surface area contributed by atoms with E-state index in [-0.39, 0.29) is 0 Å². The fourth-order valence-electron chi connectivity index (χ4n) is 3.11. The van der Waals surface area contributed by atoms with E-state index < -0.39 is 0 Å². The second kappa shape index (κ2) is 8.10. The molecule has 1 rings (SSSR count). The van der Waals surface area contributed by atoms with Crippen molar-refractivity contribution < 1.29 is 0 Å². The van der Waals surface area contributed by atoms with Crippen molar-refractivity contribution in [1.82, 2.24) is 10.2 Å². The predicted octanol–water partition coefficient (Wildman–Crippen LogP) is 3.13. The zero-order valence-corrected chi connectivity index (χ0v) is 12.3. The maximum atomic E-state index is 3.45. The van der Waals surface area contributed by atoms with Crippen molar-refractivity contribution in [2.24, 2.45) is 11.8 Å². The lowest BCUT2D eigenvalue weighted by atomic mass is 9.92. The molecule has 2 heteroatoms. The van der Waals surface area contributed by atoms with Gasteiger partial charge < -0.3 is 10.2 Å². The second-order valence-corrected chi connectivity index (χ2v) is 5.84. The molecule has 1 heterocycles. The Morgan fingerprint density at radius 3 is 2.65 bits per heavy atom. The van der Waals surface area contributed by atoms with E-state index in [9.17, 15) is 0 Å². The summed E-state index contributed by atoms with van der Waals surface area (Å²) < 4.78 is 0. The molecule has 2 nitrogen and oxygen atoms in total. The Morgan fingerprint density at radius 2 is 2.12 bits per heavy atom. The summed E-state index contributed by atoms with van der Waals surface area (Å²) in [6.45, 7) is 10.9. The molecule has 1 fully saturated rings. The Labute approximate surface area is 108 Å². The molecule has 0 aliphatic carbocycles. The lowest BCUT2D eigenvalue weighted by molar-refractivity contribution is 0.128. The summed E-state index contributed by atoms with van der Waals surface area (Å²) in [5.41, 5.74) is 0. The zero-order valence-electron chi connectivity index (χ0n) is 12.3. The molecule has 0 spiro atoms. The lowest BCUT2D eigenvalue weighted by Gasteiger charge is -2.38. The molecule has 1 N–H and O–H groups in total. The van der Waals surface area contributed by atoms with Crippen LogP contribution in [-0.2, 0) is 0 Å². The van der Waals surface area contributed by atoms with Gasteiger partial charge in [-0.15, -0.1) is 0 Å². The third-order valence-electron chi connectivity index (χ3n) is 4.42. The fourth-order valence-corrected chi connectivity index (χ4v) is 3.11. The minimum Gasteiger partial charge on any atom is -0.317 e. The largest absolute Gasteiger partial charge is 0.317 e. The maximum Gasteiger partial charge on any atom is 0.0114 e. The first-order valence-electron chi connectivity index (χ1n) is 7.60. The monoisotopic (exact) mass is 240 g/mol. The minimum absolute atomic E-state index is 0.738. The molecular formula is C15H32N2. The molecule has 1 aliphatic heterocycles. The van der Waals surface area contributed by atoms with E-state index in [0.29, 0.717) is 0 Å². The molecule has 0 aromatic rings. The highest BCUT2D eigenvalue weighted by atomic mass is 15.1. The number of unbranched alkanes of at least 4 members (excludes halogenated alkanes) is 1. The Kier molecular flexibility index (Phi) is 7.14. The van der Waals surface area contributed by atoms with E-state index in [0.717, 1.165) is 17.9 Å². The highest BCUT2D eigenvalue weighted by molar-refractivity contribution is 4.82. The number of piperidine rings is 1. The standard InChI is InChI=1S/C15H32N2/c1-5-7-8-14(6-2)12-17-10-9-15(16-4)13(3)11-17/h13-16H,5-12H2,1-4H3. The molecule has 3 unspecified atom stereocenters. The van der Waals surface area contributed by atoms with Crippen molar-refractivity contribution >= 4 is 0 Å². The number of nitrogens with zero attached hydrogens (tertiary/aromatic N) is 1. The second-order valence-electron chi connectivity index (χ2n) is 5.84. The van der Waals surface area contributed by atoms with Crippen LogP contribution >= 0.6 is 0 Å². The van der Waals surface area contributed by atoms with E-state index in [1.807, 2.05) is 0 Å². The van der Waals surface area contributed by atoms with Gasteiger partial charge in [-0.1, -0.05) is 40.0 Å². The predicted molar refractivity (Wildman–Crippen MR) is 76.4 cm³/mol. The van der Waals surface area contributed by atoms with Crippen LogP contribution in [0.1, 0.15) is 52.9 Å². The fraction of sp³-hybridized carbons (Fsp3) is 1.00. The first-order valence-corrected chi connectivity index (χ1v) is 7.60. The van der Waals surface area contributed by atoms with Gasteiger partial charge in [0.15, 0.2) is 0 Å². The van der Waals surface area contributed by atoms with Gasteiger partial charge in [0.05, 0.1) is 0 Å². The van der Waals surface area contributed by atoms with Crippen LogP contribution in [-0.4, -0.2) is 37.6 Å². The van der Waals surface area contributed by atoms with Gasteiger partial charge in [0.2, 0.25) is 0 Å². The number of hydrogen-bond donors (Lipinski definition) is 1. The SMILES string of the molecule is CCCCC(CC)CN1CCC(NC)C(C)C1. The molecular weight excluding hydrogens is 208 g/mol. The van der Waals surface area contributed by atoms with Crippen LogP contribution in [0.25, 0.3) is 0 Å². The van der Waals surface area contributed by atoms with Crippen LogP contribution in [0, 0.1) is 11.8 Å².